The summed E-state index contributed by atoms with van der Waals surface area (Å²) >= 11 is 0. The number of nitrogens with zero attached hydrogens (tertiary/aromatic N) is 2. The summed E-state index contributed by atoms with van der Waals surface area (Å²) in [5, 5.41) is 19.7. The highest BCUT2D eigenvalue weighted by atomic mass is 32.2. The van der Waals surface area contributed by atoms with Crippen LogP contribution >= 0.6 is 0 Å². The molecule has 0 unspecified atom stereocenters. The fourth-order valence-corrected chi connectivity index (χ4v) is 3.89. The SMILES string of the molecule is Cc1ccc([N+](=O)[O-])cc1S(=O)(=O)N(CC(=O)O)C1CC1. The second-order valence-electron chi connectivity index (χ2n) is 4.88. The third-order valence-electron chi connectivity index (χ3n) is 3.21. The smallest absolute Gasteiger partial charge is 0.318 e. The highest BCUT2D eigenvalue weighted by Gasteiger charge is 2.40. The average Bonchev–Trinajstić information content (AvgIpc) is 3.19. The van der Waals surface area contributed by atoms with E-state index in [1.165, 1.54) is 19.1 Å². The van der Waals surface area contributed by atoms with Crippen LogP contribution in [-0.2, 0) is 14.8 Å². The van der Waals surface area contributed by atoms with E-state index in [1.54, 1.807) is 0 Å². The summed E-state index contributed by atoms with van der Waals surface area (Å²) in [6, 6.07) is 3.19. The van der Waals surface area contributed by atoms with Gasteiger partial charge in [0.1, 0.15) is 6.54 Å². The number of carbonyl (C=O) groups is 1. The quantitative estimate of drug-likeness (QED) is 0.621. The van der Waals surface area contributed by atoms with Crippen LogP contribution in [0.15, 0.2) is 23.1 Å². The van der Waals surface area contributed by atoms with Crippen LogP contribution < -0.4 is 0 Å². The van der Waals surface area contributed by atoms with Crippen LogP contribution in [0.25, 0.3) is 0 Å². The highest BCUT2D eigenvalue weighted by Crippen LogP contribution is 2.33. The van der Waals surface area contributed by atoms with Crippen molar-refractivity contribution in [3.63, 3.8) is 0 Å². The number of benzene rings is 1. The Morgan fingerprint density at radius 1 is 1.48 bits per heavy atom. The van der Waals surface area contributed by atoms with Crippen LogP contribution in [0, 0.1) is 17.0 Å². The van der Waals surface area contributed by atoms with E-state index in [2.05, 4.69) is 0 Å². The molecule has 1 aliphatic carbocycles. The molecule has 9 heteroatoms. The maximum Gasteiger partial charge on any atom is 0.318 e. The molecule has 2 rings (SSSR count). The molecule has 0 spiro atoms. The zero-order chi connectivity index (χ0) is 15.8. The minimum atomic E-state index is -4.07. The molecule has 114 valence electrons. The summed E-state index contributed by atoms with van der Waals surface area (Å²) in [4.78, 5) is 20.8. The number of aliphatic carboxylic acids is 1. The van der Waals surface area contributed by atoms with Crippen molar-refractivity contribution in [3.05, 3.63) is 33.9 Å². The van der Waals surface area contributed by atoms with Gasteiger partial charge in [-0.2, -0.15) is 4.31 Å². The molecule has 0 atom stereocenters. The lowest BCUT2D eigenvalue weighted by atomic mass is 10.2. The molecule has 8 nitrogen and oxygen atoms in total. The van der Waals surface area contributed by atoms with Gasteiger partial charge in [0.05, 0.1) is 9.82 Å². The Balaban J connectivity index is 2.48. The fraction of sp³-hybridized carbons (Fsp3) is 0.417. The maximum absolute atomic E-state index is 12.6. The Morgan fingerprint density at radius 3 is 2.57 bits per heavy atom. The van der Waals surface area contributed by atoms with Crippen molar-refractivity contribution in [2.24, 2.45) is 0 Å². The van der Waals surface area contributed by atoms with E-state index in [1.807, 2.05) is 0 Å². The second-order valence-corrected chi connectivity index (χ2v) is 6.74. The number of non-ortho nitro benzene ring substituents is 1. The van der Waals surface area contributed by atoms with Crippen molar-refractivity contribution in [1.82, 2.24) is 4.31 Å². The van der Waals surface area contributed by atoms with Crippen molar-refractivity contribution < 1.29 is 23.2 Å². The topological polar surface area (TPSA) is 118 Å². The number of carboxylic acid groups (broad SMARTS) is 1. The molecule has 0 amide bonds. The summed E-state index contributed by atoms with van der Waals surface area (Å²) < 4.78 is 26.1. The predicted molar refractivity (Wildman–Crippen MR) is 72.4 cm³/mol. The molecule has 1 aromatic rings. The molecule has 1 N–H and O–H groups in total. The standard InChI is InChI=1S/C12H14N2O6S/c1-8-2-3-10(14(17)18)6-11(8)21(19,20)13(7-12(15)16)9-4-5-9/h2-3,6,9H,4-5,7H2,1H3,(H,15,16). The number of sulfonamides is 1. The van der Waals surface area contributed by atoms with Gasteiger partial charge in [0.2, 0.25) is 10.0 Å². The molecule has 1 fully saturated rings. The monoisotopic (exact) mass is 314 g/mol. The van der Waals surface area contributed by atoms with Gasteiger partial charge in [0.25, 0.3) is 5.69 Å². The van der Waals surface area contributed by atoms with Gasteiger partial charge in [0.15, 0.2) is 0 Å². The first kappa shape index (κ1) is 15.4. The largest absolute Gasteiger partial charge is 0.480 e. The van der Waals surface area contributed by atoms with Gasteiger partial charge >= 0.3 is 5.97 Å². The first-order valence-electron chi connectivity index (χ1n) is 6.22. The third-order valence-corrected chi connectivity index (χ3v) is 5.25. The molecule has 1 aromatic carbocycles. The van der Waals surface area contributed by atoms with E-state index in [0.717, 1.165) is 10.4 Å². The van der Waals surface area contributed by atoms with Crippen molar-refractivity contribution in [1.29, 1.82) is 0 Å². The van der Waals surface area contributed by atoms with Gasteiger partial charge in [-0.05, 0) is 25.3 Å². The molecule has 0 radical (unpaired) electrons. The second kappa shape index (κ2) is 5.41. The number of hydrogen-bond donors (Lipinski definition) is 1. The van der Waals surface area contributed by atoms with Crippen LogP contribution in [0.5, 0.6) is 0 Å². The van der Waals surface area contributed by atoms with Gasteiger partial charge in [-0.3, -0.25) is 14.9 Å². The number of aryl methyl sites for hydroxylation is 1. The van der Waals surface area contributed by atoms with Crippen molar-refractivity contribution >= 4 is 21.7 Å². The number of nitro groups is 1. The summed E-state index contributed by atoms with van der Waals surface area (Å²) in [5.41, 5.74) is 0.00175. The molecule has 0 heterocycles. The van der Waals surface area contributed by atoms with Crippen molar-refractivity contribution in [2.45, 2.75) is 30.7 Å². The molecule has 21 heavy (non-hydrogen) atoms. The molecule has 1 aliphatic rings. The molecule has 1 saturated carbocycles. The fourth-order valence-electron chi connectivity index (χ4n) is 2.01. The Hall–Kier alpha value is -2.00. The van der Waals surface area contributed by atoms with Crippen molar-refractivity contribution in [2.75, 3.05) is 6.54 Å². The lowest BCUT2D eigenvalue weighted by molar-refractivity contribution is -0.385. The summed E-state index contributed by atoms with van der Waals surface area (Å²) in [6.07, 6.45) is 1.20. The van der Waals surface area contributed by atoms with E-state index in [0.29, 0.717) is 18.4 Å². The minimum absolute atomic E-state index is 0.218. The molecular weight excluding hydrogens is 300 g/mol. The van der Waals surface area contributed by atoms with Crippen LogP contribution in [0.2, 0.25) is 0 Å². The van der Waals surface area contributed by atoms with Crippen LogP contribution in [0.4, 0.5) is 5.69 Å². The van der Waals surface area contributed by atoms with Crippen molar-refractivity contribution in [3.8, 4) is 0 Å². The first-order valence-corrected chi connectivity index (χ1v) is 7.66. The van der Waals surface area contributed by atoms with Gasteiger partial charge < -0.3 is 5.11 Å². The van der Waals surface area contributed by atoms with E-state index >= 15 is 0 Å². The van der Waals surface area contributed by atoms with Gasteiger partial charge in [0, 0.05) is 18.2 Å². The zero-order valence-electron chi connectivity index (χ0n) is 11.2. The van der Waals surface area contributed by atoms with Crippen LogP contribution in [0.3, 0.4) is 0 Å². The van der Waals surface area contributed by atoms with E-state index in [9.17, 15) is 23.3 Å². The van der Waals surface area contributed by atoms with Crippen LogP contribution in [0.1, 0.15) is 18.4 Å². The molecular formula is C12H14N2O6S. The Kier molecular flexibility index (Phi) is 3.97. The molecule has 0 bridgehead atoms. The minimum Gasteiger partial charge on any atom is -0.480 e. The third kappa shape index (κ3) is 3.19. The van der Waals surface area contributed by atoms with Gasteiger partial charge in [-0.15, -0.1) is 0 Å². The molecule has 0 aromatic heterocycles. The van der Waals surface area contributed by atoms with Gasteiger partial charge in [-0.25, -0.2) is 8.42 Å². The van der Waals surface area contributed by atoms with Gasteiger partial charge in [-0.1, -0.05) is 6.07 Å². The Bertz CT molecular complexity index is 696. The number of rotatable bonds is 6. The summed E-state index contributed by atoms with van der Waals surface area (Å²) in [6.45, 7) is 0.873. The Morgan fingerprint density at radius 2 is 2.10 bits per heavy atom. The number of hydrogen-bond acceptors (Lipinski definition) is 5. The summed E-state index contributed by atoms with van der Waals surface area (Å²) in [5.74, 6) is -1.26. The predicted octanol–water partition coefficient (Wildman–Crippen LogP) is 1.14. The zero-order valence-corrected chi connectivity index (χ0v) is 12.0. The van der Waals surface area contributed by atoms with Crippen LogP contribution in [-0.4, -0.2) is 41.3 Å². The maximum atomic E-state index is 12.6. The average molecular weight is 314 g/mol. The van der Waals surface area contributed by atoms with E-state index in [4.69, 9.17) is 5.11 Å². The highest BCUT2D eigenvalue weighted by molar-refractivity contribution is 7.89. The normalized spacial score (nSPS) is 15.1. The first-order chi connectivity index (χ1) is 9.73. The number of nitro benzene ring substituents is 1. The lowest BCUT2D eigenvalue weighted by Gasteiger charge is -2.20. The lowest BCUT2D eigenvalue weighted by Crippen LogP contribution is -2.37. The molecule has 0 saturated heterocycles. The molecule has 0 aliphatic heterocycles. The Labute approximate surface area is 121 Å². The van der Waals surface area contributed by atoms with E-state index < -0.39 is 27.5 Å². The number of carboxylic acids is 1. The summed E-state index contributed by atoms with van der Waals surface area (Å²) in [7, 11) is -4.07. The van der Waals surface area contributed by atoms with E-state index in [-0.39, 0.29) is 16.6 Å².